The van der Waals surface area contributed by atoms with E-state index < -0.39 is 0 Å². The number of halogens is 1. The molecule has 152 valence electrons. The van der Waals surface area contributed by atoms with E-state index in [0.717, 1.165) is 32.5 Å². The molecule has 0 radical (unpaired) electrons. The van der Waals surface area contributed by atoms with Crippen LogP contribution in [0, 0.1) is 0 Å². The minimum Gasteiger partial charge on any atom is -0.383 e. The first-order valence-electron chi connectivity index (χ1n) is 9.33. The molecule has 1 amide bonds. The van der Waals surface area contributed by atoms with E-state index in [1.165, 1.54) is 5.69 Å². The van der Waals surface area contributed by atoms with Crippen LogP contribution < -0.4 is 20.9 Å². The number of piperidine rings is 1. The Balaban J connectivity index is 0.00000364. The van der Waals surface area contributed by atoms with Crippen molar-refractivity contribution in [1.29, 1.82) is 0 Å². The summed E-state index contributed by atoms with van der Waals surface area (Å²) in [5.41, 5.74) is 1.28. The molecule has 1 aliphatic heterocycles. The molecule has 1 fully saturated rings. The van der Waals surface area contributed by atoms with E-state index in [0.29, 0.717) is 25.2 Å². The lowest BCUT2D eigenvalue weighted by Crippen LogP contribution is -2.49. The van der Waals surface area contributed by atoms with Gasteiger partial charge in [0.25, 0.3) is 0 Å². The quantitative estimate of drug-likeness (QED) is 0.224. The number of hydrogen-bond donors (Lipinski definition) is 3. The first-order valence-corrected chi connectivity index (χ1v) is 9.33. The van der Waals surface area contributed by atoms with Crippen molar-refractivity contribution in [2.45, 2.75) is 25.8 Å². The van der Waals surface area contributed by atoms with Gasteiger partial charge >= 0.3 is 0 Å². The van der Waals surface area contributed by atoms with Gasteiger partial charge in [0.2, 0.25) is 5.91 Å². The summed E-state index contributed by atoms with van der Waals surface area (Å²) in [7, 11) is 1.61. The Morgan fingerprint density at radius 2 is 1.93 bits per heavy atom. The molecule has 27 heavy (non-hydrogen) atoms. The molecule has 0 aliphatic carbocycles. The Bertz CT molecular complexity index is 562. The van der Waals surface area contributed by atoms with E-state index in [2.05, 4.69) is 50.1 Å². The second kappa shape index (κ2) is 13.6. The summed E-state index contributed by atoms with van der Waals surface area (Å²) >= 11 is 0. The fraction of sp³-hybridized carbons (Fsp3) is 0.579. The molecule has 0 aromatic heterocycles. The van der Waals surface area contributed by atoms with E-state index in [1.54, 1.807) is 7.11 Å². The summed E-state index contributed by atoms with van der Waals surface area (Å²) in [5.74, 6) is 0.603. The van der Waals surface area contributed by atoms with Crippen LogP contribution in [0.2, 0.25) is 0 Å². The number of ether oxygens (including phenoxy) is 1. The second-order valence-corrected chi connectivity index (χ2v) is 6.28. The summed E-state index contributed by atoms with van der Waals surface area (Å²) < 4.78 is 4.92. The van der Waals surface area contributed by atoms with E-state index in [-0.39, 0.29) is 36.4 Å². The minimum absolute atomic E-state index is 0. The number of aliphatic imine (C=N–C) groups is 1. The van der Waals surface area contributed by atoms with Crippen molar-refractivity contribution >= 4 is 41.5 Å². The van der Waals surface area contributed by atoms with Crippen LogP contribution in [0.15, 0.2) is 35.3 Å². The molecule has 7 nitrogen and oxygen atoms in total. The van der Waals surface area contributed by atoms with Crippen LogP contribution >= 0.6 is 24.0 Å². The van der Waals surface area contributed by atoms with Crippen LogP contribution in [-0.2, 0) is 9.53 Å². The first-order chi connectivity index (χ1) is 12.7. The number of nitrogens with zero attached hydrogens (tertiary/aromatic N) is 2. The maximum absolute atomic E-state index is 11.8. The van der Waals surface area contributed by atoms with Crippen molar-refractivity contribution in [2.24, 2.45) is 4.99 Å². The Labute approximate surface area is 179 Å². The molecule has 1 heterocycles. The maximum Gasteiger partial charge on any atom is 0.241 e. The molecule has 3 N–H and O–H groups in total. The predicted octanol–water partition coefficient (Wildman–Crippen LogP) is 1.59. The number of para-hydroxylation sites is 1. The van der Waals surface area contributed by atoms with Gasteiger partial charge in [0.15, 0.2) is 5.96 Å². The molecule has 1 aliphatic rings. The largest absolute Gasteiger partial charge is 0.383 e. The van der Waals surface area contributed by atoms with E-state index in [4.69, 9.17) is 4.74 Å². The minimum atomic E-state index is -0.0989. The highest BCUT2D eigenvalue weighted by Gasteiger charge is 2.20. The Kier molecular flexibility index (Phi) is 11.8. The van der Waals surface area contributed by atoms with Crippen molar-refractivity contribution in [3.8, 4) is 0 Å². The van der Waals surface area contributed by atoms with Crippen molar-refractivity contribution in [1.82, 2.24) is 16.0 Å². The third-order valence-electron chi connectivity index (χ3n) is 4.31. The highest BCUT2D eigenvalue weighted by atomic mass is 127. The van der Waals surface area contributed by atoms with Crippen molar-refractivity contribution in [2.75, 3.05) is 51.3 Å². The van der Waals surface area contributed by atoms with Gasteiger partial charge in [-0.2, -0.15) is 0 Å². The van der Waals surface area contributed by atoms with E-state index >= 15 is 0 Å². The predicted molar refractivity (Wildman–Crippen MR) is 121 cm³/mol. The number of carbonyl (C=O) groups is 1. The number of amides is 1. The monoisotopic (exact) mass is 489 g/mol. The highest BCUT2D eigenvalue weighted by molar-refractivity contribution is 14.0. The van der Waals surface area contributed by atoms with Crippen LogP contribution in [0.5, 0.6) is 0 Å². The van der Waals surface area contributed by atoms with Crippen LogP contribution in [-0.4, -0.2) is 64.3 Å². The molecule has 1 saturated heterocycles. The number of guanidine groups is 1. The smallest absolute Gasteiger partial charge is 0.241 e. The SMILES string of the molecule is CCNC(=NCC(=O)NCCOC)NC1CCN(c2ccccc2)CC1.I. The number of carbonyl (C=O) groups excluding carboxylic acids is 1. The van der Waals surface area contributed by atoms with Crippen molar-refractivity contribution in [3.05, 3.63) is 30.3 Å². The van der Waals surface area contributed by atoms with Crippen LogP contribution in [0.1, 0.15) is 19.8 Å². The third-order valence-corrected chi connectivity index (χ3v) is 4.31. The number of benzene rings is 1. The van der Waals surface area contributed by atoms with Gasteiger partial charge in [-0.1, -0.05) is 18.2 Å². The van der Waals surface area contributed by atoms with Gasteiger partial charge < -0.3 is 25.6 Å². The highest BCUT2D eigenvalue weighted by Crippen LogP contribution is 2.19. The Morgan fingerprint density at radius 3 is 2.56 bits per heavy atom. The molecule has 0 unspecified atom stereocenters. The molecular formula is C19H32IN5O2. The summed E-state index contributed by atoms with van der Waals surface area (Å²) in [6, 6.07) is 10.9. The first kappa shape index (κ1) is 23.5. The number of anilines is 1. The topological polar surface area (TPSA) is 78.0 Å². The zero-order chi connectivity index (χ0) is 18.6. The van der Waals surface area contributed by atoms with Gasteiger partial charge in [0, 0.05) is 45.0 Å². The zero-order valence-corrected chi connectivity index (χ0v) is 18.6. The number of rotatable bonds is 8. The van der Waals surface area contributed by atoms with Gasteiger partial charge in [-0.25, -0.2) is 4.99 Å². The van der Waals surface area contributed by atoms with Gasteiger partial charge in [-0.3, -0.25) is 4.79 Å². The third kappa shape index (κ3) is 8.79. The molecule has 0 bridgehead atoms. The second-order valence-electron chi connectivity index (χ2n) is 6.28. The number of hydrogen-bond acceptors (Lipinski definition) is 4. The fourth-order valence-electron chi connectivity index (χ4n) is 2.93. The van der Waals surface area contributed by atoms with E-state index in [1.807, 2.05) is 13.0 Å². The normalized spacial score (nSPS) is 15.0. The lowest BCUT2D eigenvalue weighted by atomic mass is 10.0. The molecule has 2 rings (SSSR count). The molecule has 0 atom stereocenters. The molecule has 1 aromatic rings. The van der Waals surface area contributed by atoms with Crippen LogP contribution in [0.4, 0.5) is 5.69 Å². The van der Waals surface area contributed by atoms with Gasteiger partial charge in [-0.15, -0.1) is 24.0 Å². The lowest BCUT2D eigenvalue weighted by Gasteiger charge is -2.34. The standard InChI is InChI=1S/C19H31N5O2.HI/c1-3-20-19(22-15-18(25)21-11-14-26-2)23-16-9-12-24(13-10-16)17-7-5-4-6-8-17;/h4-8,16H,3,9-15H2,1-2H3,(H,21,25)(H2,20,22,23);1H. The average molecular weight is 489 g/mol. The van der Waals surface area contributed by atoms with Crippen molar-refractivity contribution in [3.63, 3.8) is 0 Å². The summed E-state index contributed by atoms with van der Waals surface area (Å²) in [6.07, 6.45) is 2.08. The lowest BCUT2D eigenvalue weighted by molar-refractivity contribution is -0.119. The van der Waals surface area contributed by atoms with Crippen LogP contribution in [0.25, 0.3) is 0 Å². The zero-order valence-electron chi connectivity index (χ0n) is 16.2. The number of methoxy groups -OCH3 is 1. The molecule has 0 saturated carbocycles. The Morgan fingerprint density at radius 1 is 1.22 bits per heavy atom. The Hall–Kier alpha value is -1.55. The fourth-order valence-corrected chi connectivity index (χ4v) is 2.93. The van der Waals surface area contributed by atoms with Crippen LogP contribution in [0.3, 0.4) is 0 Å². The molecule has 8 heteroatoms. The molecule has 0 spiro atoms. The summed E-state index contributed by atoms with van der Waals surface area (Å²) in [4.78, 5) is 18.6. The van der Waals surface area contributed by atoms with Gasteiger partial charge in [-0.05, 0) is 31.9 Å². The summed E-state index contributed by atoms with van der Waals surface area (Å²) in [5, 5.41) is 9.45. The molecule has 1 aromatic carbocycles. The van der Waals surface area contributed by atoms with Gasteiger partial charge in [0.05, 0.1) is 6.61 Å². The average Bonchev–Trinajstić information content (AvgIpc) is 2.68. The van der Waals surface area contributed by atoms with E-state index in [9.17, 15) is 4.79 Å². The number of nitrogens with one attached hydrogen (secondary N) is 3. The summed E-state index contributed by atoms with van der Waals surface area (Å²) in [6.45, 7) is 5.94. The van der Waals surface area contributed by atoms with Gasteiger partial charge in [0.1, 0.15) is 6.54 Å². The maximum atomic E-state index is 11.8. The molecular weight excluding hydrogens is 457 g/mol. The van der Waals surface area contributed by atoms with Crippen molar-refractivity contribution < 1.29 is 9.53 Å².